The zero-order valence-electron chi connectivity index (χ0n) is 21.5. The van der Waals surface area contributed by atoms with Gasteiger partial charge in [0.05, 0.1) is 6.10 Å². The lowest BCUT2D eigenvalue weighted by atomic mass is 10.0. The molecule has 194 valence electrons. The van der Waals surface area contributed by atoms with Gasteiger partial charge in [0.2, 0.25) is 5.91 Å². The van der Waals surface area contributed by atoms with Crippen LogP contribution in [0.25, 0.3) is 21.1 Å². The molecule has 0 fully saturated rings. The average molecular weight is 514 g/mol. The Balaban J connectivity index is 1.83. The van der Waals surface area contributed by atoms with Crippen molar-refractivity contribution < 1.29 is 19.7 Å². The molecule has 4 N–H and O–H groups in total. The molecule has 3 aromatic rings. The van der Waals surface area contributed by atoms with Gasteiger partial charge in [0, 0.05) is 36.3 Å². The van der Waals surface area contributed by atoms with Crippen LogP contribution in [0.4, 0.5) is 5.82 Å². The lowest BCUT2D eigenvalue weighted by molar-refractivity contribution is -0.127. The third-order valence-electron chi connectivity index (χ3n) is 5.92. The van der Waals surface area contributed by atoms with E-state index in [2.05, 4.69) is 40.0 Å². The van der Waals surface area contributed by atoms with Crippen LogP contribution in [0.2, 0.25) is 0 Å². The van der Waals surface area contributed by atoms with Gasteiger partial charge >= 0.3 is 0 Å². The van der Waals surface area contributed by atoms with Gasteiger partial charge in [0.25, 0.3) is 0 Å². The lowest BCUT2D eigenvalue weighted by Crippen LogP contribution is -2.33. The van der Waals surface area contributed by atoms with Gasteiger partial charge in [-0.2, -0.15) is 0 Å². The number of pyridine rings is 1. The normalized spacial score (nSPS) is 12.9. The van der Waals surface area contributed by atoms with Crippen molar-refractivity contribution in [3.8, 4) is 26.9 Å². The van der Waals surface area contributed by atoms with Crippen molar-refractivity contribution in [2.75, 3.05) is 24.6 Å². The molecule has 2 atom stereocenters. The van der Waals surface area contributed by atoms with Crippen LogP contribution >= 0.6 is 11.3 Å². The van der Waals surface area contributed by atoms with Gasteiger partial charge in [-0.3, -0.25) is 4.79 Å². The molecule has 36 heavy (non-hydrogen) atoms. The van der Waals surface area contributed by atoms with Crippen LogP contribution in [0.15, 0.2) is 24.3 Å². The van der Waals surface area contributed by atoms with Gasteiger partial charge in [-0.05, 0) is 69.5 Å². The van der Waals surface area contributed by atoms with E-state index in [0.29, 0.717) is 12.2 Å². The van der Waals surface area contributed by atoms with E-state index in [4.69, 9.17) is 10.5 Å². The van der Waals surface area contributed by atoms with E-state index >= 15 is 0 Å². The fourth-order valence-electron chi connectivity index (χ4n) is 4.00. The molecule has 1 amide bonds. The number of nitrogens with zero attached hydrogens (tertiary/aromatic N) is 4. The summed E-state index contributed by atoms with van der Waals surface area (Å²) < 4.78 is 5.88. The second-order valence-corrected chi connectivity index (χ2v) is 9.67. The third-order valence-corrected chi connectivity index (χ3v) is 6.94. The summed E-state index contributed by atoms with van der Waals surface area (Å²) in [6.07, 6.45) is -1.89. The van der Waals surface area contributed by atoms with Crippen molar-refractivity contribution in [1.82, 2.24) is 15.2 Å². The Labute approximate surface area is 216 Å². The summed E-state index contributed by atoms with van der Waals surface area (Å²) in [7, 11) is 0. The Kier molecular flexibility index (Phi) is 9.36. The van der Waals surface area contributed by atoms with Crippen LogP contribution in [0.3, 0.4) is 0 Å². The summed E-state index contributed by atoms with van der Waals surface area (Å²) in [5, 5.41) is 30.2. The highest BCUT2D eigenvalue weighted by molar-refractivity contribution is 7.17. The number of aryl methyl sites for hydroxylation is 3. The summed E-state index contributed by atoms with van der Waals surface area (Å²) in [6.45, 7) is 11.9. The molecule has 0 aliphatic carbocycles. The highest BCUT2D eigenvalue weighted by Crippen LogP contribution is 2.35. The van der Waals surface area contributed by atoms with Crippen molar-refractivity contribution in [2.24, 2.45) is 5.73 Å². The first kappa shape index (κ1) is 27.5. The van der Waals surface area contributed by atoms with Crippen LogP contribution in [0, 0.1) is 13.8 Å². The second kappa shape index (κ2) is 12.2. The Bertz CT molecular complexity index is 1200. The number of hydrogen-bond donors (Lipinski definition) is 3. The van der Waals surface area contributed by atoms with Gasteiger partial charge < -0.3 is 25.6 Å². The van der Waals surface area contributed by atoms with E-state index in [0.717, 1.165) is 56.9 Å². The molecule has 1 aromatic carbocycles. The molecule has 9 nitrogen and oxygen atoms in total. The summed E-state index contributed by atoms with van der Waals surface area (Å²) >= 11 is 1.52. The molecular formula is C26H35N5O4S. The minimum Gasteiger partial charge on any atom is -0.490 e. The predicted molar refractivity (Wildman–Crippen MR) is 142 cm³/mol. The Hall–Kier alpha value is -3.08. The number of carbonyl (C=O) groups is 1. The second-order valence-electron chi connectivity index (χ2n) is 8.69. The van der Waals surface area contributed by atoms with Gasteiger partial charge in [0.15, 0.2) is 0 Å². The summed E-state index contributed by atoms with van der Waals surface area (Å²) in [5.41, 5.74) is 9.79. The number of amides is 1. The molecule has 0 aliphatic rings. The van der Waals surface area contributed by atoms with Crippen molar-refractivity contribution >= 4 is 23.1 Å². The molecule has 0 bridgehead atoms. The van der Waals surface area contributed by atoms with E-state index in [1.54, 1.807) is 0 Å². The fourth-order valence-corrected chi connectivity index (χ4v) is 4.82. The van der Waals surface area contributed by atoms with Gasteiger partial charge in [-0.25, -0.2) is 4.98 Å². The smallest absolute Gasteiger partial charge is 0.246 e. The molecule has 10 heteroatoms. The van der Waals surface area contributed by atoms with Crippen molar-refractivity contribution in [2.45, 2.75) is 59.7 Å². The minimum atomic E-state index is -1.41. The molecule has 1 unspecified atom stereocenters. The van der Waals surface area contributed by atoms with E-state index in [1.807, 2.05) is 39.0 Å². The van der Waals surface area contributed by atoms with E-state index in [1.165, 1.54) is 11.3 Å². The number of nitrogens with two attached hydrogens (primary N) is 1. The fraction of sp³-hybridized carbons (Fsp3) is 0.462. The van der Waals surface area contributed by atoms with Crippen LogP contribution in [-0.4, -0.2) is 63.2 Å². The maximum absolute atomic E-state index is 11.0. The summed E-state index contributed by atoms with van der Waals surface area (Å²) in [5.74, 6) is 0.738. The number of aliphatic hydroxyl groups is 2. The van der Waals surface area contributed by atoms with E-state index < -0.39 is 18.1 Å². The number of carbonyl (C=O) groups excluding carboxylic acids is 1. The molecule has 0 spiro atoms. The SMILES string of the molecule is CCc1cc(-c2nnc(-c3cc(C)nc(N(CC)CC)c3)s2)cc(C)c1OC[C@@H](O)CC(O)C(N)=O. The predicted octanol–water partition coefficient (Wildman–Crippen LogP) is 3.27. The molecule has 2 aromatic heterocycles. The maximum Gasteiger partial charge on any atom is 0.246 e. The minimum absolute atomic E-state index is 0.0588. The molecular weight excluding hydrogens is 478 g/mol. The first-order chi connectivity index (χ1) is 17.2. The third kappa shape index (κ3) is 6.57. The van der Waals surface area contributed by atoms with Crippen molar-refractivity contribution in [1.29, 1.82) is 0 Å². The summed E-state index contributed by atoms with van der Waals surface area (Å²) in [4.78, 5) is 17.9. The summed E-state index contributed by atoms with van der Waals surface area (Å²) in [6, 6.07) is 8.10. The molecule has 3 rings (SSSR count). The number of hydrogen-bond acceptors (Lipinski definition) is 9. The number of anilines is 1. The molecule has 0 radical (unpaired) electrons. The molecule has 2 heterocycles. The van der Waals surface area contributed by atoms with Crippen LogP contribution in [-0.2, 0) is 11.2 Å². The number of benzene rings is 1. The lowest BCUT2D eigenvalue weighted by Gasteiger charge is -2.20. The quantitative estimate of drug-likeness (QED) is 0.336. The topological polar surface area (TPSA) is 135 Å². The van der Waals surface area contributed by atoms with Crippen LogP contribution in [0.5, 0.6) is 5.75 Å². The van der Waals surface area contributed by atoms with Gasteiger partial charge in [-0.1, -0.05) is 18.3 Å². The molecule has 0 saturated heterocycles. The zero-order chi connectivity index (χ0) is 26.4. The van der Waals surface area contributed by atoms with Crippen molar-refractivity contribution in [3.63, 3.8) is 0 Å². The van der Waals surface area contributed by atoms with Crippen LogP contribution in [0.1, 0.15) is 44.0 Å². The Morgan fingerprint density at radius 3 is 2.28 bits per heavy atom. The number of aromatic nitrogens is 3. The number of aliphatic hydroxyl groups excluding tert-OH is 2. The highest BCUT2D eigenvalue weighted by atomic mass is 32.1. The molecule has 0 saturated carbocycles. The first-order valence-electron chi connectivity index (χ1n) is 12.2. The zero-order valence-corrected chi connectivity index (χ0v) is 22.3. The van der Waals surface area contributed by atoms with Crippen molar-refractivity contribution in [3.05, 3.63) is 41.1 Å². The Morgan fingerprint density at radius 1 is 1.06 bits per heavy atom. The number of ether oxygens (including phenoxy) is 1. The standard InChI is InChI=1S/C26H35N5O4S/c1-6-17-11-18(9-15(4)23(17)35-14-20(32)13-21(33)24(27)34)25-29-30-26(36-25)19-10-16(5)28-22(12-19)31(7-2)8-3/h9-12,20-21,32-33H,6-8,13-14H2,1-5H3,(H2,27,34)/t20-,21?/m0/s1. The average Bonchev–Trinajstić information content (AvgIpc) is 3.33. The van der Waals surface area contributed by atoms with E-state index in [-0.39, 0.29) is 13.0 Å². The van der Waals surface area contributed by atoms with Gasteiger partial charge in [0.1, 0.15) is 34.3 Å². The number of rotatable bonds is 12. The van der Waals surface area contributed by atoms with Crippen LogP contribution < -0.4 is 15.4 Å². The number of primary amides is 1. The monoisotopic (exact) mass is 513 g/mol. The maximum atomic E-state index is 11.0. The Morgan fingerprint density at radius 2 is 1.69 bits per heavy atom. The van der Waals surface area contributed by atoms with Gasteiger partial charge in [-0.15, -0.1) is 10.2 Å². The van der Waals surface area contributed by atoms with E-state index in [9.17, 15) is 15.0 Å². The first-order valence-corrected chi connectivity index (χ1v) is 13.0. The highest BCUT2D eigenvalue weighted by Gasteiger charge is 2.19. The molecule has 0 aliphatic heterocycles. The largest absolute Gasteiger partial charge is 0.490 e.